The van der Waals surface area contributed by atoms with E-state index in [0.717, 1.165) is 16.7 Å². The highest BCUT2D eigenvalue weighted by molar-refractivity contribution is 6.33. The highest BCUT2D eigenvalue weighted by atomic mass is 35.5. The fraction of sp³-hybridized carbons (Fsp3) is 0.125. The molecule has 1 heterocycles. The molecule has 4 rings (SSSR count). The molecule has 1 aromatic heterocycles. The summed E-state index contributed by atoms with van der Waals surface area (Å²) in [6, 6.07) is 18.3. The molecule has 0 aliphatic carbocycles. The standard InChI is InChI=1S/C24H18Cl2O3/c1-14-11-15(2)21-20(12-14)29-23(18-5-3-4-6-19(18)26)24(22(21)27)28-13-16-7-9-17(25)10-8-16/h3-12H,13H2,1-2H3. The van der Waals surface area contributed by atoms with E-state index >= 15 is 0 Å². The van der Waals surface area contributed by atoms with Crippen LogP contribution < -0.4 is 10.2 Å². The predicted molar refractivity (Wildman–Crippen MR) is 118 cm³/mol. The molecule has 3 nitrogen and oxygen atoms in total. The Morgan fingerprint density at radius 2 is 1.69 bits per heavy atom. The van der Waals surface area contributed by atoms with Gasteiger partial charge >= 0.3 is 0 Å². The third kappa shape index (κ3) is 3.89. The third-order valence-corrected chi connectivity index (χ3v) is 5.29. The van der Waals surface area contributed by atoms with E-state index in [0.29, 0.717) is 32.3 Å². The fourth-order valence-corrected chi connectivity index (χ4v) is 3.71. The first-order valence-electron chi connectivity index (χ1n) is 9.14. The number of rotatable bonds is 4. The molecule has 0 atom stereocenters. The Balaban J connectivity index is 1.91. The summed E-state index contributed by atoms with van der Waals surface area (Å²) in [4.78, 5) is 13.4. The van der Waals surface area contributed by atoms with Gasteiger partial charge in [0, 0.05) is 10.6 Å². The van der Waals surface area contributed by atoms with Crippen molar-refractivity contribution < 1.29 is 9.15 Å². The van der Waals surface area contributed by atoms with E-state index in [-0.39, 0.29) is 17.8 Å². The van der Waals surface area contributed by atoms with Crippen LogP contribution in [0.25, 0.3) is 22.3 Å². The molecule has 0 aliphatic heterocycles. The van der Waals surface area contributed by atoms with Crippen LogP contribution in [0.15, 0.2) is 69.9 Å². The quantitative estimate of drug-likeness (QED) is 0.355. The van der Waals surface area contributed by atoms with Crippen molar-refractivity contribution in [3.8, 4) is 17.1 Å². The number of hydrogen-bond acceptors (Lipinski definition) is 3. The highest BCUT2D eigenvalue weighted by Gasteiger charge is 2.21. The van der Waals surface area contributed by atoms with Crippen molar-refractivity contribution >= 4 is 34.2 Å². The number of aryl methyl sites for hydroxylation is 2. The van der Waals surface area contributed by atoms with E-state index in [4.69, 9.17) is 32.4 Å². The molecular formula is C24H18Cl2O3. The van der Waals surface area contributed by atoms with Crippen LogP contribution in [0.4, 0.5) is 0 Å². The number of halogens is 2. The van der Waals surface area contributed by atoms with E-state index < -0.39 is 0 Å². The first kappa shape index (κ1) is 19.6. The minimum absolute atomic E-state index is 0.146. The van der Waals surface area contributed by atoms with Crippen molar-refractivity contribution in [1.29, 1.82) is 0 Å². The normalized spacial score (nSPS) is 11.0. The molecule has 0 aliphatic rings. The van der Waals surface area contributed by atoms with Crippen molar-refractivity contribution in [2.24, 2.45) is 0 Å². The van der Waals surface area contributed by atoms with Crippen molar-refractivity contribution in [3.63, 3.8) is 0 Å². The molecule has 0 saturated heterocycles. The molecule has 3 aromatic carbocycles. The van der Waals surface area contributed by atoms with Crippen molar-refractivity contribution in [3.05, 3.63) is 97.6 Å². The lowest BCUT2D eigenvalue weighted by molar-refractivity contribution is 0.298. The number of hydrogen-bond donors (Lipinski definition) is 0. The highest BCUT2D eigenvalue weighted by Crippen LogP contribution is 2.36. The third-order valence-electron chi connectivity index (χ3n) is 4.71. The van der Waals surface area contributed by atoms with Crippen molar-refractivity contribution in [2.75, 3.05) is 0 Å². The molecule has 0 spiro atoms. The van der Waals surface area contributed by atoms with Gasteiger partial charge in [-0.2, -0.15) is 0 Å². The van der Waals surface area contributed by atoms with Crippen LogP contribution in [0.2, 0.25) is 10.0 Å². The van der Waals surface area contributed by atoms with Gasteiger partial charge in [0.15, 0.2) is 5.76 Å². The van der Waals surface area contributed by atoms with E-state index in [1.165, 1.54) is 0 Å². The molecule has 0 bridgehead atoms. The topological polar surface area (TPSA) is 39.4 Å². The lowest BCUT2D eigenvalue weighted by Crippen LogP contribution is -2.11. The second-order valence-electron chi connectivity index (χ2n) is 6.94. The Morgan fingerprint density at radius 3 is 2.41 bits per heavy atom. The molecule has 5 heteroatoms. The summed E-state index contributed by atoms with van der Waals surface area (Å²) in [7, 11) is 0. The molecule has 0 saturated carbocycles. The second kappa shape index (κ2) is 7.94. The molecule has 0 fully saturated rings. The van der Waals surface area contributed by atoms with Gasteiger partial charge in [-0.05, 0) is 60.9 Å². The lowest BCUT2D eigenvalue weighted by atomic mass is 10.0. The van der Waals surface area contributed by atoms with Crippen LogP contribution in [0.1, 0.15) is 16.7 Å². The molecule has 146 valence electrons. The Hall–Kier alpha value is -2.75. The minimum Gasteiger partial charge on any atom is -0.481 e. The summed E-state index contributed by atoms with van der Waals surface area (Å²) in [6.45, 7) is 4.06. The summed E-state index contributed by atoms with van der Waals surface area (Å²) >= 11 is 12.4. The molecule has 4 aromatic rings. The van der Waals surface area contributed by atoms with Crippen LogP contribution in [0.5, 0.6) is 5.75 Å². The van der Waals surface area contributed by atoms with E-state index in [1.54, 1.807) is 18.2 Å². The molecule has 0 N–H and O–H groups in total. The predicted octanol–water partition coefficient (Wildman–Crippen LogP) is 6.96. The van der Waals surface area contributed by atoms with Gasteiger partial charge in [-0.15, -0.1) is 0 Å². The van der Waals surface area contributed by atoms with Crippen LogP contribution in [0.3, 0.4) is 0 Å². The molecule has 0 unspecified atom stereocenters. The Bertz CT molecular complexity index is 1260. The molecule has 29 heavy (non-hydrogen) atoms. The van der Waals surface area contributed by atoms with Gasteiger partial charge in [0.25, 0.3) is 0 Å². The van der Waals surface area contributed by atoms with Gasteiger partial charge < -0.3 is 9.15 Å². The molecule has 0 amide bonds. The molecular weight excluding hydrogens is 407 g/mol. The van der Waals surface area contributed by atoms with Gasteiger partial charge in [0.1, 0.15) is 12.2 Å². The average Bonchev–Trinajstić information content (AvgIpc) is 2.68. The van der Waals surface area contributed by atoms with Crippen molar-refractivity contribution in [2.45, 2.75) is 20.5 Å². The molecule has 0 radical (unpaired) electrons. The van der Waals surface area contributed by atoms with Crippen LogP contribution in [0, 0.1) is 13.8 Å². The monoisotopic (exact) mass is 424 g/mol. The summed E-state index contributed by atoms with van der Waals surface area (Å²) in [6.07, 6.45) is 0. The van der Waals surface area contributed by atoms with Gasteiger partial charge in [-0.25, -0.2) is 0 Å². The maximum atomic E-state index is 13.4. The lowest BCUT2D eigenvalue weighted by Gasteiger charge is -2.14. The van der Waals surface area contributed by atoms with Gasteiger partial charge in [0.2, 0.25) is 11.2 Å². The Kier molecular flexibility index (Phi) is 5.35. The fourth-order valence-electron chi connectivity index (χ4n) is 3.36. The maximum absolute atomic E-state index is 13.4. The first-order valence-corrected chi connectivity index (χ1v) is 9.90. The van der Waals surface area contributed by atoms with Gasteiger partial charge in [0.05, 0.1) is 10.4 Å². The zero-order valence-corrected chi connectivity index (χ0v) is 17.5. The average molecular weight is 425 g/mol. The van der Waals surface area contributed by atoms with Crippen LogP contribution >= 0.6 is 23.2 Å². The number of fused-ring (bicyclic) bond motifs is 1. The van der Waals surface area contributed by atoms with Crippen LogP contribution in [-0.2, 0) is 6.61 Å². The Morgan fingerprint density at radius 1 is 0.966 bits per heavy atom. The largest absolute Gasteiger partial charge is 0.481 e. The van der Waals surface area contributed by atoms with Crippen LogP contribution in [-0.4, -0.2) is 0 Å². The summed E-state index contributed by atoms with van der Waals surface area (Å²) in [5.41, 5.74) is 3.65. The number of ether oxygens (including phenoxy) is 1. The summed E-state index contributed by atoms with van der Waals surface area (Å²) in [5.74, 6) is 0.472. The number of benzene rings is 3. The Labute approximate surface area is 178 Å². The summed E-state index contributed by atoms with van der Waals surface area (Å²) in [5, 5.41) is 1.63. The van der Waals surface area contributed by atoms with Crippen molar-refractivity contribution in [1.82, 2.24) is 0 Å². The van der Waals surface area contributed by atoms with E-state index in [2.05, 4.69) is 0 Å². The van der Waals surface area contributed by atoms with Gasteiger partial charge in [-0.3, -0.25) is 4.79 Å². The zero-order chi connectivity index (χ0) is 20.5. The van der Waals surface area contributed by atoms with E-state index in [1.807, 2.05) is 56.3 Å². The van der Waals surface area contributed by atoms with Gasteiger partial charge in [-0.1, -0.05) is 53.5 Å². The smallest absolute Gasteiger partial charge is 0.235 e. The minimum atomic E-state index is -0.215. The SMILES string of the molecule is Cc1cc(C)c2c(=O)c(OCc3ccc(Cl)cc3)c(-c3ccccc3Cl)oc2c1. The zero-order valence-electron chi connectivity index (χ0n) is 16.0. The summed E-state index contributed by atoms with van der Waals surface area (Å²) < 4.78 is 12.2. The second-order valence-corrected chi connectivity index (χ2v) is 7.78. The first-order chi connectivity index (χ1) is 13.9. The maximum Gasteiger partial charge on any atom is 0.235 e. The van der Waals surface area contributed by atoms with E-state index in [9.17, 15) is 4.79 Å².